The van der Waals surface area contributed by atoms with E-state index in [1.165, 1.54) is 33.8 Å². The topological polar surface area (TPSA) is 12.0 Å². The van der Waals surface area contributed by atoms with Crippen LogP contribution in [0.3, 0.4) is 0 Å². The summed E-state index contributed by atoms with van der Waals surface area (Å²) in [6, 6.07) is 15.5. The molecule has 0 bridgehead atoms. The molecule has 0 aromatic heterocycles. The standard InChI is InChI=1S/C17H18ClNS/c1-12-10-13(11-19-15-5-6-15)2-9-17(12)20-16-7-3-14(18)4-8-16/h2-4,7-10,15,19H,5-6,11H2,1H3. The highest BCUT2D eigenvalue weighted by molar-refractivity contribution is 7.99. The van der Waals surface area contributed by atoms with Crippen LogP contribution in [-0.4, -0.2) is 6.04 Å². The Hall–Kier alpha value is -0.960. The van der Waals surface area contributed by atoms with Crippen LogP contribution in [0.2, 0.25) is 5.02 Å². The molecule has 1 aliphatic carbocycles. The summed E-state index contributed by atoms with van der Waals surface area (Å²) in [6.45, 7) is 3.16. The van der Waals surface area contributed by atoms with E-state index in [4.69, 9.17) is 11.6 Å². The lowest BCUT2D eigenvalue weighted by molar-refractivity contribution is 0.687. The summed E-state index contributed by atoms with van der Waals surface area (Å²) >= 11 is 7.71. The predicted molar refractivity (Wildman–Crippen MR) is 86.6 cm³/mol. The first kappa shape index (κ1) is 14.0. The molecule has 1 fully saturated rings. The lowest BCUT2D eigenvalue weighted by Gasteiger charge is -2.09. The maximum atomic E-state index is 5.92. The van der Waals surface area contributed by atoms with Crippen molar-refractivity contribution in [1.82, 2.24) is 5.32 Å². The van der Waals surface area contributed by atoms with Crippen LogP contribution in [-0.2, 0) is 6.54 Å². The number of rotatable bonds is 5. The van der Waals surface area contributed by atoms with Crippen molar-refractivity contribution in [2.45, 2.75) is 42.1 Å². The minimum atomic E-state index is 0.762. The SMILES string of the molecule is Cc1cc(CNC2CC2)ccc1Sc1ccc(Cl)cc1. The number of aryl methyl sites for hydroxylation is 1. The van der Waals surface area contributed by atoms with Gasteiger partial charge in [-0.25, -0.2) is 0 Å². The van der Waals surface area contributed by atoms with Crippen molar-refractivity contribution in [3.8, 4) is 0 Å². The van der Waals surface area contributed by atoms with Crippen molar-refractivity contribution in [3.63, 3.8) is 0 Å². The third-order valence-electron chi connectivity index (χ3n) is 3.45. The van der Waals surface area contributed by atoms with Crippen LogP contribution < -0.4 is 5.32 Å². The molecular weight excluding hydrogens is 286 g/mol. The van der Waals surface area contributed by atoms with Crippen molar-refractivity contribution in [2.75, 3.05) is 0 Å². The van der Waals surface area contributed by atoms with E-state index in [1.54, 1.807) is 11.8 Å². The Morgan fingerprint density at radius 1 is 1.15 bits per heavy atom. The van der Waals surface area contributed by atoms with Gasteiger partial charge in [-0.3, -0.25) is 0 Å². The summed E-state index contributed by atoms with van der Waals surface area (Å²) in [5.41, 5.74) is 2.70. The van der Waals surface area contributed by atoms with Gasteiger partial charge < -0.3 is 5.32 Å². The minimum Gasteiger partial charge on any atom is -0.310 e. The maximum Gasteiger partial charge on any atom is 0.0406 e. The molecule has 0 heterocycles. The number of hydrogen-bond acceptors (Lipinski definition) is 2. The summed E-state index contributed by atoms with van der Waals surface area (Å²) in [7, 11) is 0. The molecule has 3 heteroatoms. The van der Waals surface area contributed by atoms with Gasteiger partial charge in [-0.15, -0.1) is 0 Å². The van der Waals surface area contributed by atoms with Crippen LogP contribution in [0.15, 0.2) is 52.3 Å². The maximum absolute atomic E-state index is 5.92. The second-order valence-electron chi connectivity index (χ2n) is 5.31. The Kier molecular flexibility index (Phi) is 4.35. The normalized spacial score (nSPS) is 14.5. The molecule has 2 aromatic rings. The van der Waals surface area contributed by atoms with Gasteiger partial charge in [0, 0.05) is 27.4 Å². The van der Waals surface area contributed by atoms with Gasteiger partial charge in [-0.05, 0) is 61.2 Å². The van der Waals surface area contributed by atoms with E-state index in [1.807, 2.05) is 12.1 Å². The fraction of sp³-hybridized carbons (Fsp3) is 0.294. The van der Waals surface area contributed by atoms with Gasteiger partial charge in [-0.1, -0.05) is 35.5 Å². The smallest absolute Gasteiger partial charge is 0.0406 e. The van der Waals surface area contributed by atoms with Crippen LogP contribution in [0.1, 0.15) is 24.0 Å². The average molecular weight is 304 g/mol. The molecular formula is C17H18ClNS. The molecule has 0 unspecified atom stereocenters. The molecule has 104 valence electrons. The molecule has 20 heavy (non-hydrogen) atoms. The van der Waals surface area contributed by atoms with E-state index in [0.717, 1.165) is 17.6 Å². The first-order valence-electron chi connectivity index (χ1n) is 6.97. The number of hydrogen-bond donors (Lipinski definition) is 1. The Bertz CT molecular complexity index is 590. The molecule has 1 saturated carbocycles. The highest BCUT2D eigenvalue weighted by atomic mass is 35.5. The van der Waals surface area contributed by atoms with Crippen molar-refractivity contribution < 1.29 is 0 Å². The lowest BCUT2D eigenvalue weighted by atomic mass is 10.1. The van der Waals surface area contributed by atoms with Crippen LogP contribution in [0.5, 0.6) is 0 Å². The Balaban J connectivity index is 1.68. The van der Waals surface area contributed by atoms with E-state index >= 15 is 0 Å². The molecule has 0 atom stereocenters. The zero-order valence-electron chi connectivity index (χ0n) is 11.5. The first-order chi connectivity index (χ1) is 9.70. The Labute approximate surface area is 129 Å². The molecule has 2 aromatic carbocycles. The molecule has 0 saturated heterocycles. The fourth-order valence-electron chi connectivity index (χ4n) is 2.12. The zero-order valence-corrected chi connectivity index (χ0v) is 13.1. The molecule has 0 spiro atoms. The lowest BCUT2D eigenvalue weighted by Crippen LogP contribution is -2.15. The number of halogens is 1. The van der Waals surface area contributed by atoms with E-state index in [2.05, 4.69) is 42.6 Å². The first-order valence-corrected chi connectivity index (χ1v) is 8.16. The minimum absolute atomic E-state index is 0.762. The fourth-order valence-corrected chi connectivity index (χ4v) is 3.12. The molecule has 0 radical (unpaired) electrons. The predicted octanol–water partition coefficient (Wildman–Crippen LogP) is 5.05. The number of benzene rings is 2. The summed E-state index contributed by atoms with van der Waals surface area (Å²) < 4.78 is 0. The third kappa shape index (κ3) is 3.78. The van der Waals surface area contributed by atoms with Gasteiger partial charge in [0.1, 0.15) is 0 Å². The Morgan fingerprint density at radius 3 is 2.55 bits per heavy atom. The summed E-state index contributed by atoms with van der Waals surface area (Å²) in [5, 5.41) is 4.34. The molecule has 1 aliphatic rings. The number of nitrogens with one attached hydrogen (secondary N) is 1. The van der Waals surface area contributed by atoms with Crippen LogP contribution in [0.25, 0.3) is 0 Å². The highest BCUT2D eigenvalue weighted by Gasteiger charge is 2.19. The molecule has 3 rings (SSSR count). The zero-order chi connectivity index (χ0) is 13.9. The van der Waals surface area contributed by atoms with E-state index in [9.17, 15) is 0 Å². The average Bonchev–Trinajstić information content (AvgIpc) is 3.26. The summed E-state index contributed by atoms with van der Waals surface area (Å²) in [4.78, 5) is 2.53. The van der Waals surface area contributed by atoms with E-state index in [-0.39, 0.29) is 0 Å². The summed E-state index contributed by atoms with van der Waals surface area (Å²) in [5.74, 6) is 0. The van der Waals surface area contributed by atoms with Crippen molar-refractivity contribution in [2.24, 2.45) is 0 Å². The largest absolute Gasteiger partial charge is 0.310 e. The van der Waals surface area contributed by atoms with E-state index < -0.39 is 0 Å². The van der Waals surface area contributed by atoms with Crippen molar-refractivity contribution in [3.05, 3.63) is 58.6 Å². The van der Waals surface area contributed by atoms with Gasteiger partial charge >= 0.3 is 0 Å². The Morgan fingerprint density at radius 2 is 1.90 bits per heavy atom. The van der Waals surface area contributed by atoms with Crippen molar-refractivity contribution >= 4 is 23.4 Å². The van der Waals surface area contributed by atoms with Crippen molar-refractivity contribution in [1.29, 1.82) is 0 Å². The van der Waals surface area contributed by atoms with Gasteiger partial charge in [-0.2, -0.15) is 0 Å². The second-order valence-corrected chi connectivity index (χ2v) is 6.86. The van der Waals surface area contributed by atoms with Crippen LogP contribution in [0.4, 0.5) is 0 Å². The van der Waals surface area contributed by atoms with Crippen LogP contribution >= 0.6 is 23.4 Å². The molecule has 0 aliphatic heterocycles. The highest BCUT2D eigenvalue weighted by Crippen LogP contribution is 2.31. The third-order valence-corrected chi connectivity index (χ3v) is 4.89. The molecule has 0 amide bonds. The van der Waals surface area contributed by atoms with Gasteiger partial charge in [0.15, 0.2) is 0 Å². The van der Waals surface area contributed by atoms with Gasteiger partial charge in [0.2, 0.25) is 0 Å². The van der Waals surface area contributed by atoms with Gasteiger partial charge in [0.25, 0.3) is 0 Å². The molecule has 1 N–H and O–H groups in total. The van der Waals surface area contributed by atoms with E-state index in [0.29, 0.717) is 0 Å². The second kappa shape index (κ2) is 6.21. The van der Waals surface area contributed by atoms with Gasteiger partial charge in [0.05, 0.1) is 0 Å². The molecule has 1 nitrogen and oxygen atoms in total. The monoisotopic (exact) mass is 303 g/mol. The van der Waals surface area contributed by atoms with Crippen LogP contribution in [0, 0.1) is 6.92 Å². The summed E-state index contributed by atoms with van der Waals surface area (Å²) in [6.07, 6.45) is 2.67. The quantitative estimate of drug-likeness (QED) is 0.829.